The van der Waals surface area contributed by atoms with Gasteiger partial charge in [0.15, 0.2) is 6.61 Å². The van der Waals surface area contributed by atoms with Gasteiger partial charge in [0, 0.05) is 30.7 Å². The molecule has 2 saturated heterocycles. The molecule has 1 aromatic heterocycles. The van der Waals surface area contributed by atoms with Gasteiger partial charge in [-0.3, -0.25) is 4.79 Å². The number of carbonyl (C=O) groups excluding carboxylic acids is 1. The largest absolute Gasteiger partial charge is 0.484 e. The maximum atomic E-state index is 12.7. The van der Waals surface area contributed by atoms with E-state index in [2.05, 4.69) is 0 Å². The van der Waals surface area contributed by atoms with Crippen LogP contribution in [0.4, 0.5) is 0 Å². The second-order valence-corrected chi connectivity index (χ2v) is 7.28. The molecule has 2 atom stereocenters. The van der Waals surface area contributed by atoms with E-state index in [-0.39, 0.29) is 18.6 Å². The smallest absolute Gasteiger partial charge is 0.336 e. The first-order valence-corrected chi connectivity index (χ1v) is 9.23. The van der Waals surface area contributed by atoms with Crippen LogP contribution >= 0.6 is 0 Å². The van der Waals surface area contributed by atoms with E-state index < -0.39 is 11.2 Å². The Morgan fingerprint density at radius 2 is 2.19 bits per heavy atom. The average Bonchev–Trinajstić information content (AvgIpc) is 2.65. The lowest BCUT2D eigenvalue weighted by Gasteiger charge is -2.47. The van der Waals surface area contributed by atoms with Gasteiger partial charge in [-0.25, -0.2) is 4.79 Å². The van der Waals surface area contributed by atoms with Gasteiger partial charge in [0.25, 0.3) is 5.91 Å². The first-order chi connectivity index (χ1) is 13.0. The van der Waals surface area contributed by atoms with Crippen molar-refractivity contribution < 1.29 is 23.4 Å². The van der Waals surface area contributed by atoms with Gasteiger partial charge in [-0.05, 0) is 38.0 Å². The van der Waals surface area contributed by atoms with E-state index in [0.717, 1.165) is 24.8 Å². The molecule has 2 aliphatic heterocycles. The van der Waals surface area contributed by atoms with Gasteiger partial charge in [0.1, 0.15) is 16.9 Å². The zero-order valence-corrected chi connectivity index (χ0v) is 15.3. The summed E-state index contributed by atoms with van der Waals surface area (Å²) in [4.78, 5) is 25.8. The zero-order valence-electron chi connectivity index (χ0n) is 15.3. The molecule has 0 bridgehead atoms. The predicted octanol–water partition coefficient (Wildman–Crippen LogP) is 1.97. The summed E-state index contributed by atoms with van der Waals surface area (Å²) in [6.45, 7) is 4.22. The first-order valence-electron chi connectivity index (χ1n) is 9.23. The van der Waals surface area contributed by atoms with Crippen LogP contribution in [0.15, 0.2) is 39.5 Å². The number of fused-ring (bicyclic) bond motifs is 1. The average molecular weight is 373 g/mol. The van der Waals surface area contributed by atoms with Crippen LogP contribution in [0.3, 0.4) is 0 Å². The van der Waals surface area contributed by atoms with Gasteiger partial charge in [-0.1, -0.05) is 0 Å². The van der Waals surface area contributed by atoms with Crippen molar-refractivity contribution in [3.8, 4) is 5.75 Å². The van der Waals surface area contributed by atoms with E-state index in [1.165, 1.54) is 6.07 Å². The van der Waals surface area contributed by atoms with Crippen molar-refractivity contribution in [1.29, 1.82) is 0 Å². The molecular formula is C20H23NO6. The molecule has 4 rings (SSSR count). The summed E-state index contributed by atoms with van der Waals surface area (Å²) in [5.74, 6) is 0.395. The van der Waals surface area contributed by atoms with Crippen molar-refractivity contribution in [2.45, 2.75) is 31.5 Å². The summed E-state index contributed by atoms with van der Waals surface area (Å²) in [7, 11) is 0. The SMILES string of the molecule is C[C@H]1CN(C(=O)COc2ccc3ccc(=O)oc3c2)C[C@@]2(CCCOC2)O1. The normalized spacial score (nSPS) is 25.7. The standard InChI is InChI=1S/C20H23NO6/c1-14-10-21(12-20(27-14)7-2-8-24-13-20)18(22)11-25-16-5-3-15-4-6-19(23)26-17(15)9-16/h3-6,9,14H,2,7-8,10-13H2,1H3/t14-,20+/m0/s1. The molecule has 0 aliphatic carbocycles. The molecular weight excluding hydrogens is 350 g/mol. The summed E-state index contributed by atoms with van der Waals surface area (Å²) in [6.07, 6.45) is 1.79. The van der Waals surface area contributed by atoms with E-state index >= 15 is 0 Å². The summed E-state index contributed by atoms with van der Waals surface area (Å²) >= 11 is 0. The highest BCUT2D eigenvalue weighted by molar-refractivity contribution is 5.79. The Balaban J connectivity index is 1.42. The highest BCUT2D eigenvalue weighted by Crippen LogP contribution is 2.30. The Labute approximate surface area is 156 Å². The number of amides is 1. The van der Waals surface area contributed by atoms with Gasteiger partial charge >= 0.3 is 5.63 Å². The quantitative estimate of drug-likeness (QED) is 0.766. The van der Waals surface area contributed by atoms with Gasteiger partial charge < -0.3 is 23.5 Å². The highest BCUT2D eigenvalue weighted by atomic mass is 16.6. The minimum atomic E-state index is -0.418. The third-order valence-electron chi connectivity index (χ3n) is 5.00. The van der Waals surface area contributed by atoms with Gasteiger partial charge in [-0.15, -0.1) is 0 Å². The van der Waals surface area contributed by atoms with Gasteiger partial charge in [0.05, 0.1) is 19.3 Å². The maximum absolute atomic E-state index is 12.7. The molecule has 0 radical (unpaired) electrons. The van der Waals surface area contributed by atoms with Crippen LogP contribution in [0.25, 0.3) is 11.0 Å². The lowest BCUT2D eigenvalue weighted by molar-refractivity contribution is -0.199. The molecule has 0 saturated carbocycles. The highest BCUT2D eigenvalue weighted by Gasteiger charge is 2.42. The number of morpholine rings is 1. The fourth-order valence-electron chi connectivity index (χ4n) is 3.83. The molecule has 3 heterocycles. The Hall–Kier alpha value is -2.38. The minimum Gasteiger partial charge on any atom is -0.484 e. The molecule has 2 aromatic rings. The Kier molecular flexibility index (Phi) is 4.88. The molecule has 27 heavy (non-hydrogen) atoms. The maximum Gasteiger partial charge on any atom is 0.336 e. The van der Waals surface area contributed by atoms with Crippen molar-refractivity contribution in [1.82, 2.24) is 4.90 Å². The number of carbonyl (C=O) groups is 1. The van der Waals surface area contributed by atoms with Crippen molar-refractivity contribution in [3.63, 3.8) is 0 Å². The number of rotatable bonds is 3. The number of nitrogens with zero attached hydrogens (tertiary/aromatic N) is 1. The molecule has 7 heteroatoms. The molecule has 2 aliphatic rings. The molecule has 7 nitrogen and oxygen atoms in total. The molecule has 0 unspecified atom stereocenters. The summed E-state index contributed by atoms with van der Waals surface area (Å²) in [5.41, 5.74) is -0.387. The lowest BCUT2D eigenvalue weighted by Crippen LogP contribution is -2.60. The second kappa shape index (κ2) is 7.32. The van der Waals surface area contributed by atoms with Crippen molar-refractivity contribution in [2.24, 2.45) is 0 Å². The van der Waals surface area contributed by atoms with E-state index in [0.29, 0.717) is 31.0 Å². The second-order valence-electron chi connectivity index (χ2n) is 7.28. The van der Waals surface area contributed by atoms with Crippen LogP contribution in [0.2, 0.25) is 0 Å². The topological polar surface area (TPSA) is 78.2 Å². The molecule has 1 amide bonds. The van der Waals surface area contributed by atoms with Crippen LogP contribution in [-0.4, -0.2) is 55.4 Å². The first kappa shape index (κ1) is 18.0. The summed E-state index contributed by atoms with van der Waals surface area (Å²) in [5, 5.41) is 0.800. The fraction of sp³-hybridized carbons (Fsp3) is 0.500. The van der Waals surface area contributed by atoms with Gasteiger partial charge in [0.2, 0.25) is 0 Å². The number of hydrogen-bond donors (Lipinski definition) is 0. The molecule has 0 N–H and O–H groups in total. The fourth-order valence-corrected chi connectivity index (χ4v) is 3.83. The molecule has 144 valence electrons. The van der Waals surface area contributed by atoms with Crippen molar-refractivity contribution in [3.05, 3.63) is 40.8 Å². The molecule has 1 spiro atoms. The Morgan fingerprint density at radius 3 is 3.00 bits per heavy atom. The number of hydrogen-bond acceptors (Lipinski definition) is 6. The minimum absolute atomic E-state index is 0.0423. The third-order valence-corrected chi connectivity index (χ3v) is 5.00. The lowest BCUT2D eigenvalue weighted by atomic mass is 9.93. The van der Waals surface area contributed by atoms with Crippen LogP contribution in [-0.2, 0) is 14.3 Å². The predicted molar refractivity (Wildman–Crippen MR) is 97.9 cm³/mol. The monoisotopic (exact) mass is 373 g/mol. The van der Waals surface area contributed by atoms with E-state index in [1.807, 2.05) is 6.92 Å². The summed E-state index contributed by atoms with van der Waals surface area (Å²) < 4.78 is 22.5. The van der Waals surface area contributed by atoms with Crippen LogP contribution in [0.5, 0.6) is 5.75 Å². The van der Waals surface area contributed by atoms with Crippen molar-refractivity contribution >= 4 is 16.9 Å². The number of benzene rings is 1. The zero-order chi connectivity index (χ0) is 18.9. The Morgan fingerprint density at radius 1 is 1.33 bits per heavy atom. The van der Waals surface area contributed by atoms with E-state index in [1.54, 1.807) is 29.2 Å². The number of ether oxygens (including phenoxy) is 3. The molecule has 1 aromatic carbocycles. The third kappa shape index (κ3) is 3.99. The molecule has 2 fully saturated rings. The van der Waals surface area contributed by atoms with Crippen LogP contribution in [0, 0.1) is 0 Å². The summed E-state index contributed by atoms with van der Waals surface area (Å²) in [6, 6.07) is 8.24. The van der Waals surface area contributed by atoms with E-state index in [9.17, 15) is 9.59 Å². The van der Waals surface area contributed by atoms with Crippen molar-refractivity contribution in [2.75, 3.05) is 32.9 Å². The Bertz CT molecular complexity index is 885. The van der Waals surface area contributed by atoms with Gasteiger partial charge in [-0.2, -0.15) is 0 Å². The van der Waals surface area contributed by atoms with Crippen LogP contribution in [0.1, 0.15) is 19.8 Å². The van der Waals surface area contributed by atoms with E-state index in [4.69, 9.17) is 18.6 Å². The van der Waals surface area contributed by atoms with Crippen LogP contribution < -0.4 is 10.4 Å².